The number of carbonyl (C=O) groups is 2. The van der Waals surface area contributed by atoms with Crippen LogP contribution in [0.3, 0.4) is 0 Å². The van der Waals surface area contributed by atoms with Gasteiger partial charge in [0.1, 0.15) is 11.4 Å². The monoisotopic (exact) mass is 596 g/mol. The molecule has 4 aromatic rings. The van der Waals surface area contributed by atoms with Crippen LogP contribution in [0.1, 0.15) is 53.0 Å². The van der Waals surface area contributed by atoms with Gasteiger partial charge in [0.05, 0.1) is 11.3 Å². The quantitative estimate of drug-likeness (QED) is 0.230. The van der Waals surface area contributed by atoms with Crippen LogP contribution in [0.4, 0.5) is 16.4 Å². The van der Waals surface area contributed by atoms with Gasteiger partial charge in [-0.1, -0.05) is 38.1 Å². The Balaban J connectivity index is 1.39. The molecule has 1 fully saturated rings. The van der Waals surface area contributed by atoms with Gasteiger partial charge < -0.3 is 25.0 Å². The number of pyridine rings is 1. The van der Waals surface area contributed by atoms with Crippen molar-refractivity contribution in [3.8, 4) is 22.9 Å². The van der Waals surface area contributed by atoms with Crippen LogP contribution in [0.2, 0.25) is 0 Å². The van der Waals surface area contributed by atoms with Gasteiger partial charge in [-0.25, -0.2) is 19.7 Å². The first kappa shape index (κ1) is 30.7. The van der Waals surface area contributed by atoms with Crippen molar-refractivity contribution in [3.63, 3.8) is 0 Å². The van der Waals surface area contributed by atoms with E-state index in [0.29, 0.717) is 41.9 Å². The van der Waals surface area contributed by atoms with E-state index in [4.69, 9.17) is 14.5 Å². The van der Waals surface area contributed by atoms with E-state index in [2.05, 4.69) is 20.6 Å². The number of anilines is 2. The fourth-order valence-electron chi connectivity index (χ4n) is 5.07. The van der Waals surface area contributed by atoms with E-state index >= 15 is 0 Å². The molecule has 1 unspecified atom stereocenters. The molecule has 0 saturated carbocycles. The molecule has 1 aliphatic heterocycles. The summed E-state index contributed by atoms with van der Waals surface area (Å²) in [6.45, 7) is 12.5. The first-order chi connectivity index (χ1) is 21.0. The maximum Gasteiger partial charge on any atom is 0.410 e. The second kappa shape index (κ2) is 12.9. The summed E-state index contributed by atoms with van der Waals surface area (Å²) in [6, 6.07) is 15.3. The molecule has 0 spiro atoms. The molecule has 230 valence electrons. The first-order valence-corrected chi connectivity index (χ1v) is 15.0. The van der Waals surface area contributed by atoms with Crippen LogP contribution in [0.15, 0.2) is 60.9 Å². The summed E-state index contributed by atoms with van der Waals surface area (Å²) in [7, 11) is 0. The molecule has 3 heterocycles. The summed E-state index contributed by atoms with van der Waals surface area (Å²) in [6.07, 6.45) is 4.80. The highest BCUT2D eigenvalue weighted by molar-refractivity contribution is 6.05. The van der Waals surface area contributed by atoms with Gasteiger partial charge in [-0.05, 0) is 70.4 Å². The Morgan fingerprint density at radius 1 is 1.00 bits per heavy atom. The van der Waals surface area contributed by atoms with Crippen LogP contribution in [-0.4, -0.2) is 56.6 Å². The molecule has 10 heteroatoms. The van der Waals surface area contributed by atoms with Gasteiger partial charge in [-0.15, -0.1) is 0 Å². The number of hydrogen-bond donors (Lipinski definition) is 2. The van der Waals surface area contributed by atoms with Crippen LogP contribution in [-0.2, 0) is 9.53 Å². The standard InChI is InChI=1S/C34H40N6O4/c1-21(2)30(41)38-27-13-7-11-25-24(27)15-14-22(3)29(25)43-31-26(12-8-17-35-31)28-16-18-36-32(39-28)37-23-10-9-19-40(20-23)33(42)44-34(4,5)6/h7-8,11-18,21,23H,9-10,19-20H2,1-6H3,(H,38,41)(H,36,37,39). The average molecular weight is 597 g/mol. The lowest BCUT2D eigenvalue weighted by Gasteiger charge is -2.34. The number of carbonyl (C=O) groups excluding carboxylic acids is 2. The lowest BCUT2D eigenvalue weighted by molar-refractivity contribution is -0.118. The second-order valence-corrected chi connectivity index (χ2v) is 12.4. The maximum absolute atomic E-state index is 12.6. The number of hydrogen-bond acceptors (Lipinski definition) is 8. The van der Waals surface area contributed by atoms with Crippen molar-refractivity contribution in [2.45, 2.75) is 66.0 Å². The largest absolute Gasteiger partial charge is 0.444 e. The lowest BCUT2D eigenvalue weighted by Crippen LogP contribution is -2.47. The highest BCUT2D eigenvalue weighted by Crippen LogP contribution is 2.38. The molecule has 1 saturated heterocycles. The minimum Gasteiger partial charge on any atom is -0.444 e. The number of nitrogens with zero attached hydrogens (tertiary/aromatic N) is 4. The lowest BCUT2D eigenvalue weighted by atomic mass is 10.0. The number of fused-ring (bicyclic) bond motifs is 1. The number of aryl methyl sites for hydroxylation is 1. The SMILES string of the molecule is Cc1ccc2c(NC(=O)C(C)C)cccc2c1Oc1ncccc1-c1ccnc(NC2CCCN(C(=O)OC(C)(C)C)C2)n1. The number of rotatable bonds is 7. The van der Waals surface area contributed by atoms with Crippen LogP contribution in [0, 0.1) is 12.8 Å². The topological polar surface area (TPSA) is 119 Å². The first-order valence-electron chi connectivity index (χ1n) is 15.0. The van der Waals surface area contributed by atoms with Crippen molar-refractivity contribution in [3.05, 3.63) is 66.5 Å². The molecule has 1 aliphatic rings. The normalized spacial score (nSPS) is 15.2. The van der Waals surface area contributed by atoms with Crippen molar-refractivity contribution in [1.82, 2.24) is 19.9 Å². The fraction of sp³-hybridized carbons (Fsp3) is 0.382. The van der Waals surface area contributed by atoms with Crippen molar-refractivity contribution in [2.24, 2.45) is 5.92 Å². The van der Waals surface area contributed by atoms with E-state index < -0.39 is 5.60 Å². The van der Waals surface area contributed by atoms with Gasteiger partial charge in [0.25, 0.3) is 0 Å². The minimum atomic E-state index is -0.547. The molecule has 10 nitrogen and oxygen atoms in total. The van der Waals surface area contributed by atoms with E-state index in [1.165, 1.54) is 0 Å². The average Bonchev–Trinajstić information content (AvgIpc) is 2.98. The number of benzene rings is 2. The fourth-order valence-corrected chi connectivity index (χ4v) is 5.07. The summed E-state index contributed by atoms with van der Waals surface area (Å²) >= 11 is 0. The highest BCUT2D eigenvalue weighted by atomic mass is 16.6. The molecule has 0 bridgehead atoms. The number of nitrogens with one attached hydrogen (secondary N) is 2. The van der Waals surface area contributed by atoms with Crippen molar-refractivity contribution < 1.29 is 19.1 Å². The van der Waals surface area contributed by atoms with Crippen LogP contribution >= 0.6 is 0 Å². The Morgan fingerprint density at radius 3 is 2.59 bits per heavy atom. The Bertz CT molecular complexity index is 1670. The zero-order valence-corrected chi connectivity index (χ0v) is 26.2. The van der Waals surface area contributed by atoms with Crippen LogP contribution in [0.25, 0.3) is 22.0 Å². The Morgan fingerprint density at radius 2 is 1.82 bits per heavy atom. The number of likely N-dealkylation sites (tertiary alicyclic amines) is 1. The summed E-state index contributed by atoms with van der Waals surface area (Å²) in [5, 5.41) is 8.17. The summed E-state index contributed by atoms with van der Waals surface area (Å²) in [4.78, 5) is 40.6. The molecule has 0 aliphatic carbocycles. The van der Waals surface area contributed by atoms with Gasteiger partial charge in [0.15, 0.2) is 0 Å². The zero-order chi connectivity index (χ0) is 31.4. The summed E-state index contributed by atoms with van der Waals surface area (Å²) < 4.78 is 12.1. The molecular weight excluding hydrogens is 556 g/mol. The van der Waals surface area contributed by atoms with Crippen LogP contribution < -0.4 is 15.4 Å². The van der Waals surface area contributed by atoms with Crippen molar-refractivity contribution in [2.75, 3.05) is 23.7 Å². The van der Waals surface area contributed by atoms with E-state index in [-0.39, 0.29) is 24.0 Å². The van der Waals surface area contributed by atoms with E-state index in [9.17, 15) is 9.59 Å². The molecule has 2 aromatic carbocycles. The van der Waals surface area contributed by atoms with E-state index in [0.717, 1.165) is 34.9 Å². The minimum absolute atomic E-state index is 0.0140. The maximum atomic E-state index is 12.6. The molecular formula is C34H40N6O4. The molecule has 2 N–H and O–H groups in total. The molecule has 5 rings (SSSR count). The zero-order valence-electron chi connectivity index (χ0n) is 26.2. The Hall–Kier alpha value is -4.73. The predicted octanol–water partition coefficient (Wildman–Crippen LogP) is 7.20. The van der Waals surface area contributed by atoms with Gasteiger partial charge >= 0.3 is 6.09 Å². The smallest absolute Gasteiger partial charge is 0.410 e. The summed E-state index contributed by atoms with van der Waals surface area (Å²) in [5.41, 5.74) is 2.46. The van der Waals surface area contributed by atoms with E-state index in [1.807, 2.05) is 90.1 Å². The number of piperidine rings is 1. The molecule has 44 heavy (non-hydrogen) atoms. The van der Waals surface area contributed by atoms with Gasteiger partial charge in [-0.3, -0.25) is 4.79 Å². The van der Waals surface area contributed by atoms with E-state index in [1.54, 1.807) is 17.3 Å². The van der Waals surface area contributed by atoms with Gasteiger partial charge in [0, 0.05) is 53.9 Å². The van der Waals surface area contributed by atoms with Gasteiger partial charge in [-0.2, -0.15) is 0 Å². The molecule has 2 amide bonds. The molecule has 0 radical (unpaired) electrons. The third kappa shape index (κ3) is 7.24. The summed E-state index contributed by atoms with van der Waals surface area (Å²) in [5.74, 6) is 1.32. The van der Waals surface area contributed by atoms with Crippen molar-refractivity contribution in [1.29, 1.82) is 0 Å². The number of ether oxygens (including phenoxy) is 2. The van der Waals surface area contributed by atoms with Crippen LogP contribution in [0.5, 0.6) is 11.6 Å². The van der Waals surface area contributed by atoms with Gasteiger partial charge in [0.2, 0.25) is 17.7 Å². The highest BCUT2D eigenvalue weighted by Gasteiger charge is 2.28. The molecule has 2 aromatic heterocycles. The Labute approximate surface area is 258 Å². The second-order valence-electron chi connectivity index (χ2n) is 12.4. The third-order valence-electron chi connectivity index (χ3n) is 7.30. The molecule has 1 atom stereocenters. The Kier molecular flexibility index (Phi) is 8.98. The predicted molar refractivity (Wildman–Crippen MR) is 172 cm³/mol. The third-order valence-corrected chi connectivity index (χ3v) is 7.30. The van der Waals surface area contributed by atoms with Crippen molar-refractivity contribution >= 4 is 34.4 Å². The number of amides is 2. The number of aromatic nitrogens is 3.